The first kappa shape index (κ1) is 17.9. The van der Waals surface area contributed by atoms with Crippen molar-refractivity contribution >= 4 is 18.3 Å². The summed E-state index contributed by atoms with van der Waals surface area (Å²) >= 11 is 0. The van der Waals surface area contributed by atoms with Crippen LogP contribution in [0, 0.1) is 17.6 Å². The normalized spacial score (nSPS) is 21.0. The van der Waals surface area contributed by atoms with Gasteiger partial charge in [-0.15, -0.1) is 12.4 Å². The van der Waals surface area contributed by atoms with Crippen LogP contribution >= 0.6 is 12.4 Å². The average Bonchev–Trinajstić information content (AvgIpc) is 2.84. The third-order valence-electron chi connectivity index (χ3n) is 3.99. The molecule has 1 amide bonds. The van der Waals surface area contributed by atoms with Crippen molar-refractivity contribution in [3.63, 3.8) is 0 Å². The minimum atomic E-state index is -0.619. The van der Waals surface area contributed by atoms with Crippen molar-refractivity contribution in [1.82, 2.24) is 4.90 Å². The molecule has 2 atom stereocenters. The van der Waals surface area contributed by atoms with E-state index in [1.54, 1.807) is 6.92 Å². The molecule has 0 bridgehead atoms. The fraction of sp³-hybridized carbons (Fsp3) is 0.533. The molecule has 1 aromatic carbocycles. The molecular weight excluding hydrogens is 298 g/mol. The lowest BCUT2D eigenvalue weighted by Crippen LogP contribution is -2.41. The van der Waals surface area contributed by atoms with Crippen LogP contribution in [0.4, 0.5) is 8.78 Å². The molecule has 21 heavy (non-hydrogen) atoms. The van der Waals surface area contributed by atoms with Gasteiger partial charge < -0.3 is 10.6 Å². The first-order valence-corrected chi connectivity index (χ1v) is 7.01. The van der Waals surface area contributed by atoms with Crippen LogP contribution in [0.15, 0.2) is 18.2 Å². The van der Waals surface area contributed by atoms with Crippen LogP contribution in [0.2, 0.25) is 0 Å². The van der Waals surface area contributed by atoms with Gasteiger partial charge in [0.2, 0.25) is 5.91 Å². The SMILES string of the molecule is CCN(Cc1c(F)cccc1F)C(=O)C1CCCC1N.Cl. The minimum absolute atomic E-state index is 0. The smallest absolute Gasteiger partial charge is 0.227 e. The second-order valence-electron chi connectivity index (χ2n) is 5.25. The standard InChI is InChI=1S/C15H20F2N2O.ClH/c1-2-19(15(20)10-5-3-8-14(10)18)9-11-12(16)6-4-7-13(11)17;/h4,6-7,10,14H,2-3,5,8-9,18H2,1H3;1H. The lowest BCUT2D eigenvalue weighted by molar-refractivity contribution is -0.136. The van der Waals surface area contributed by atoms with Gasteiger partial charge in [-0.05, 0) is 31.9 Å². The quantitative estimate of drug-likeness (QED) is 0.928. The minimum Gasteiger partial charge on any atom is -0.338 e. The number of hydrogen-bond acceptors (Lipinski definition) is 2. The predicted molar refractivity (Wildman–Crippen MR) is 80.0 cm³/mol. The van der Waals surface area contributed by atoms with E-state index < -0.39 is 11.6 Å². The fourth-order valence-corrected chi connectivity index (χ4v) is 2.75. The molecule has 1 fully saturated rings. The molecule has 1 saturated carbocycles. The largest absolute Gasteiger partial charge is 0.338 e. The van der Waals surface area contributed by atoms with Gasteiger partial charge in [-0.2, -0.15) is 0 Å². The number of carbonyl (C=O) groups excluding carboxylic acids is 1. The fourth-order valence-electron chi connectivity index (χ4n) is 2.75. The Balaban J connectivity index is 0.00000220. The summed E-state index contributed by atoms with van der Waals surface area (Å²) in [5.41, 5.74) is 5.87. The third kappa shape index (κ3) is 3.92. The van der Waals surface area contributed by atoms with E-state index in [1.165, 1.54) is 23.1 Å². The maximum Gasteiger partial charge on any atom is 0.227 e. The van der Waals surface area contributed by atoms with Crippen molar-refractivity contribution in [2.24, 2.45) is 11.7 Å². The lowest BCUT2D eigenvalue weighted by Gasteiger charge is -2.26. The number of rotatable bonds is 4. The zero-order chi connectivity index (χ0) is 14.7. The Hall–Kier alpha value is -1.20. The van der Waals surface area contributed by atoms with Crippen LogP contribution in [-0.2, 0) is 11.3 Å². The number of nitrogens with two attached hydrogens (primary N) is 1. The van der Waals surface area contributed by atoms with E-state index >= 15 is 0 Å². The van der Waals surface area contributed by atoms with Crippen molar-refractivity contribution in [2.45, 2.75) is 38.8 Å². The van der Waals surface area contributed by atoms with E-state index in [-0.39, 0.29) is 42.4 Å². The Morgan fingerprint density at radius 3 is 2.43 bits per heavy atom. The zero-order valence-corrected chi connectivity index (χ0v) is 12.8. The van der Waals surface area contributed by atoms with Gasteiger partial charge >= 0.3 is 0 Å². The third-order valence-corrected chi connectivity index (χ3v) is 3.99. The Kier molecular flexibility index (Phi) is 6.55. The van der Waals surface area contributed by atoms with E-state index in [1.807, 2.05) is 0 Å². The van der Waals surface area contributed by atoms with Gasteiger partial charge in [-0.1, -0.05) is 12.5 Å². The lowest BCUT2D eigenvalue weighted by atomic mass is 10.0. The molecule has 0 spiro atoms. The highest BCUT2D eigenvalue weighted by molar-refractivity contribution is 5.85. The number of hydrogen-bond donors (Lipinski definition) is 1. The molecule has 2 unspecified atom stereocenters. The van der Waals surface area contributed by atoms with Crippen LogP contribution in [0.3, 0.4) is 0 Å². The van der Waals surface area contributed by atoms with Gasteiger partial charge in [0.05, 0.1) is 12.5 Å². The Bertz CT molecular complexity index is 478. The molecule has 0 aromatic heterocycles. The molecule has 3 nitrogen and oxygen atoms in total. The summed E-state index contributed by atoms with van der Waals surface area (Å²) in [6.45, 7) is 2.17. The van der Waals surface area contributed by atoms with Crippen molar-refractivity contribution in [3.05, 3.63) is 35.4 Å². The maximum absolute atomic E-state index is 13.7. The molecule has 0 radical (unpaired) electrons. The molecule has 1 aliphatic rings. The molecular formula is C15H21ClF2N2O. The first-order valence-electron chi connectivity index (χ1n) is 7.01. The molecule has 118 valence electrons. The van der Waals surface area contributed by atoms with Gasteiger partial charge in [-0.3, -0.25) is 4.79 Å². The number of benzene rings is 1. The summed E-state index contributed by atoms with van der Waals surface area (Å²) in [5.74, 6) is -1.55. The molecule has 0 saturated heterocycles. The van der Waals surface area contributed by atoms with Crippen molar-refractivity contribution in [3.8, 4) is 0 Å². The summed E-state index contributed by atoms with van der Waals surface area (Å²) in [5, 5.41) is 0. The maximum atomic E-state index is 13.7. The Morgan fingerprint density at radius 1 is 1.33 bits per heavy atom. The summed E-state index contributed by atoms with van der Waals surface area (Å²) < 4.78 is 27.3. The van der Waals surface area contributed by atoms with E-state index in [0.717, 1.165) is 19.3 Å². The van der Waals surface area contributed by atoms with E-state index in [9.17, 15) is 13.6 Å². The van der Waals surface area contributed by atoms with Gasteiger partial charge in [0.15, 0.2) is 0 Å². The number of carbonyl (C=O) groups is 1. The van der Waals surface area contributed by atoms with Gasteiger partial charge in [0.1, 0.15) is 11.6 Å². The molecule has 1 aliphatic carbocycles. The topological polar surface area (TPSA) is 46.3 Å². The molecule has 2 N–H and O–H groups in total. The van der Waals surface area contributed by atoms with Crippen LogP contribution in [-0.4, -0.2) is 23.4 Å². The van der Waals surface area contributed by atoms with E-state index in [4.69, 9.17) is 5.73 Å². The molecule has 0 aliphatic heterocycles. The molecule has 2 rings (SSSR count). The van der Waals surface area contributed by atoms with Crippen LogP contribution < -0.4 is 5.73 Å². The van der Waals surface area contributed by atoms with Crippen molar-refractivity contribution in [2.75, 3.05) is 6.54 Å². The predicted octanol–water partition coefficient (Wildman–Crippen LogP) is 2.86. The summed E-state index contributed by atoms with van der Waals surface area (Å²) in [6.07, 6.45) is 2.53. The number of amides is 1. The highest BCUT2D eigenvalue weighted by atomic mass is 35.5. The Labute approximate surface area is 129 Å². The number of halogens is 3. The highest BCUT2D eigenvalue weighted by Crippen LogP contribution is 2.27. The monoisotopic (exact) mass is 318 g/mol. The van der Waals surface area contributed by atoms with Crippen molar-refractivity contribution < 1.29 is 13.6 Å². The van der Waals surface area contributed by atoms with Gasteiger partial charge in [0.25, 0.3) is 0 Å². The highest BCUT2D eigenvalue weighted by Gasteiger charge is 2.33. The second-order valence-corrected chi connectivity index (χ2v) is 5.25. The van der Waals surface area contributed by atoms with Crippen LogP contribution in [0.1, 0.15) is 31.7 Å². The Morgan fingerprint density at radius 2 is 1.95 bits per heavy atom. The average molecular weight is 319 g/mol. The molecule has 6 heteroatoms. The van der Waals surface area contributed by atoms with Crippen LogP contribution in [0.25, 0.3) is 0 Å². The summed E-state index contributed by atoms with van der Waals surface area (Å²) in [4.78, 5) is 13.9. The van der Waals surface area contributed by atoms with E-state index in [2.05, 4.69) is 0 Å². The molecule has 0 heterocycles. The number of nitrogens with zero attached hydrogens (tertiary/aromatic N) is 1. The van der Waals surface area contributed by atoms with Gasteiger partial charge in [-0.25, -0.2) is 8.78 Å². The zero-order valence-electron chi connectivity index (χ0n) is 12.0. The first-order chi connectivity index (χ1) is 9.54. The molecule has 1 aromatic rings. The van der Waals surface area contributed by atoms with E-state index in [0.29, 0.717) is 6.54 Å². The van der Waals surface area contributed by atoms with Crippen LogP contribution in [0.5, 0.6) is 0 Å². The summed E-state index contributed by atoms with van der Waals surface area (Å²) in [6, 6.07) is 3.59. The van der Waals surface area contributed by atoms with Crippen molar-refractivity contribution in [1.29, 1.82) is 0 Å². The second kappa shape index (κ2) is 7.71. The van der Waals surface area contributed by atoms with Gasteiger partial charge in [0, 0.05) is 18.2 Å². The summed E-state index contributed by atoms with van der Waals surface area (Å²) in [7, 11) is 0.